The van der Waals surface area contributed by atoms with Crippen molar-refractivity contribution in [3.8, 4) is 0 Å². The predicted octanol–water partition coefficient (Wildman–Crippen LogP) is 2.71. The lowest BCUT2D eigenvalue weighted by Gasteiger charge is -2.23. The molecule has 0 atom stereocenters. The zero-order chi connectivity index (χ0) is 12.1. The first-order valence-electron chi connectivity index (χ1n) is 5.91. The highest BCUT2D eigenvalue weighted by Gasteiger charge is 2.19. The summed E-state index contributed by atoms with van der Waals surface area (Å²) in [5.41, 5.74) is 1.64. The summed E-state index contributed by atoms with van der Waals surface area (Å²) in [7, 11) is 1.92. The van der Waals surface area contributed by atoms with E-state index in [-0.39, 0.29) is 5.43 Å². The van der Waals surface area contributed by atoms with Crippen molar-refractivity contribution in [3.63, 3.8) is 0 Å². The van der Waals surface area contributed by atoms with Crippen LogP contribution < -0.4 is 15.6 Å². The Balaban J connectivity index is 2.63. The smallest absolute Gasteiger partial charge is 0.224 e. The van der Waals surface area contributed by atoms with Gasteiger partial charge in [0.15, 0.2) is 0 Å². The van der Waals surface area contributed by atoms with Gasteiger partial charge in [0.1, 0.15) is 10.2 Å². The molecule has 0 aliphatic heterocycles. The Kier molecular flexibility index (Phi) is 4.93. The van der Waals surface area contributed by atoms with Gasteiger partial charge in [-0.2, -0.15) is 0 Å². The first kappa shape index (κ1) is 13.2. The van der Waals surface area contributed by atoms with E-state index in [1.54, 1.807) is 0 Å². The van der Waals surface area contributed by atoms with Crippen LogP contribution in [0.1, 0.15) is 33.1 Å². The highest BCUT2D eigenvalue weighted by Crippen LogP contribution is 2.25. The van der Waals surface area contributed by atoms with Crippen molar-refractivity contribution in [3.05, 3.63) is 14.7 Å². The molecule has 1 aromatic carbocycles. The monoisotopic (exact) mass is 240 g/mol. The molecule has 1 aromatic rings. The van der Waals surface area contributed by atoms with Crippen LogP contribution in [0.25, 0.3) is 0 Å². The first-order valence-corrected chi connectivity index (χ1v) is 6.32. The largest absolute Gasteiger partial charge is 0.382 e. The summed E-state index contributed by atoms with van der Waals surface area (Å²) in [4.78, 5) is 13.5. The van der Waals surface area contributed by atoms with Crippen LogP contribution in [0.2, 0.25) is 0 Å². The van der Waals surface area contributed by atoms with Gasteiger partial charge in [0.2, 0.25) is 5.43 Å². The summed E-state index contributed by atoms with van der Waals surface area (Å²) in [6.07, 6.45) is 3.53. The molecule has 3 nitrogen and oxygen atoms in total. The van der Waals surface area contributed by atoms with E-state index in [2.05, 4.69) is 12.2 Å². The normalized spacial score (nSPS) is 10.7. The van der Waals surface area contributed by atoms with E-state index in [1.807, 2.05) is 18.9 Å². The Morgan fingerprint density at radius 2 is 2.00 bits per heavy atom. The van der Waals surface area contributed by atoms with E-state index in [0.29, 0.717) is 4.51 Å². The molecule has 0 bridgehead atoms. The Hall–Kier alpha value is -0.900. The second-order valence-electron chi connectivity index (χ2n) is 4.03. The fourth-order valence-electron chi connectivity index (χ4n) is 1.65. The molecule has 0 aliphatic rings. The molecule has 0 aliphatic carbocycles. The Morgan fingerprint density at radius 3 is 2.56 bits per heavy atom. The number of nitrogens with one attached hydrogen (secondary N) is 1. The van der Waals surface area contributed by atoms with Gasteiger partial charge in [0.05, 0.1) is 5.69 Å². The van der Waals surface area contributed by atoms with Gasteiger partial charge >= 0.3 is 0 Å². The van der Waals surface area contributed by atoms with Crippen LogP contribution in [0.15, 0.2) is 4.79 Å². The summed E-state index contributed by atoms with van der Waals surface area (Å²) in [6.45, 7) is 5.92. The molecule has 90 valence electrons. The third-order valence-electron chi connectivity index (χ3n) is 2.82. The van der Waals surface area contributed by atoms with Crippen LogP contribution in [-0.4, -0.2) is 20.1 Å². The van der Waals surface area contributed by atoms with Crippen LogP contribution in [0.5, 0.6) is 0 Å². The van der Waals surface area contributed by atoms with Gasteiger partial charge < -0.3 is 10.2 Å². The third-order valence-corrected chi connectivity index (χ3v) is 3.21. The van der Waals surface area contributed by atoms with E-state index in [4.69, 9.17) is 12.2 Å². The third kappa shape index (κ3) is 2.61. The Labute approximate surface area is 102 Å². The standard InChI is InChI=1S/C12H20N2OS/c1-4-6-7-8-13-9-10(14(3)5-2)11(15)12(9)16/h13H,4-8H2,1-3H3. The molecule has 4 heteroatoms. The maximum absolute atomic E-state index is 11.6. The molecule has 0 fully saturated rings. The molecular formula is C12H20N2OS. The number of anilines is 2. The van der Waals surface area contributed by atoms with Crippen molar-refractivity contribution >= 4 is 23.6 Å². The molecule has 0 amide bonds. The van der Waals surface area contributed by atoms with Gasteiger partial charge in [-0.3, -0.25) is 4.79 Å². The minimum absolute atomic E-state index is 0.0114. The second-order valence-corrected chi connectivity index (χ2v) is 4.44. The van der Waals surface area contributed by atoms with Crippen molar-refractivity contribution < 1.29 is 0 Å². The molecular weight excluding hydrogens is 220 g/mol. The Morgan fingerprint density at radius 1 is 1.31 bits per heavy atom. The minimum atomic E-state index is 0.0114. The van der Waals surface area contributed by atoms with E-state index < -0.39 is 0 Å². The molecule has 1 rings (SSSR count). The van der Waals surface area contributed by atoms with E-state index in [0.717, 1.165) is 30.9 Å². The lowest BCUT2D eigenvalue weighted by Crippen LogP contribution is -2.29. The fourth-order valence-corrected chi connectivity index (χ4v) is 1.92. The first-order chi connectivity index (χ1) is 7.63. The molecule has 16 heavy (non-hydrogen) atoms. The van der Waals surface area contributed by atoms with Crippen molar-refractivity contribution in [2.75, 3.05) is 30.4 Å². The average Bonchev–Trinajstić information content (AvgIpc) is 2.31. The van der Waals surface area contributed by atoms with Crippen LogP contribution in [0.3, 0.4) is 0 Å². The molecule has 0 unspecified atom stereocenters. The molecule has 0 spiro atoms. The van der Waals surface area contributed by atoms with Crippen molar-refractivity contribution in [2.24, 2.45) is 0 Å². The molecule has 0 heterocycles. The summed E-state index contributed by atoms with van der Waals surface area (Å²) in [6, 6.07) is 0. The molecule has 0 saturated carbocycles. The SMILES string of the molecule is CCCCCNc1c(N(C)CC)c(=O)c1=S. The molecule has 0 radical (unpaired) electrons. The van der Waals surface area contributed by atoms with E-state index >= 15 is 0 Å². The summed E-state index contributed by atoms with van der Waals surface area (Å²) >= 11 is 5.05. The van der Waals surface area contributed by atoms with Crippen molar-refractivity contribution in [1.29, 1.82) is 0 Å². The van der Waals surface area contributed by atoms with E-state index in [1.165, 1.54) is 12.8 Å². The lowest BCUT2D eigenvalue weighted by molar-refractivity contribution is 0.743. The van der Waals surface area contributed by atoms with Crippen molar-refractivity contribution in [1.82, 2.24) is 0 Å². The predicted molar refractivity (Wildman–Crippen MR) is 72.9 cm³/mol. The van der Waals surface area contributed by atoms with Gasteiger partial charge in [0, 0.05) is 20.1 Å². The highest BCUT2D eigenvalue weighted by molar-refractivity contribution is 7.71. The molecule has 1 N–H and O–H groups in total. The molecule has 0 aromatic heterocycles. The van der Waals surface area contributed by atoms with Gasteiger partial charge in [-0.1, -0.05) is 32.0 Å². The van der Waals surface area contributed by atoms with E-state index in [9.17, 15) is 4.79 Å². The number of unbranched alkanes of at least 4 members (excludes halogenated alkanes) is 2. The van der Waals surface area contributed by atoms with Gasteiger partial charge in [-0.05, 0) is 13.3 Å². The highest BCUT2D eigenvalue weighted by atomic mass is 32.1. The zero-order valence-electron chi connectivity index (χ0n) is 10.3. The topological polar surface area (TPSA) is 32.3 Å². The summed E-state index contributed by atoms with van der Waals surface area (Å²) in [5.74, 6) is 0. The maximum Gasteiger partial charge on any atom is 0.224 e. The van der Waals surface area contributed by atoms with Crippen LogP contribution in [-0.2, 0) is 0 Å². The van der Waals surface area contributed by atoms with Gasteiger partial charge in [-0.25, -0.2) is 0 Å². The average molecular weight is 240 g/mol. The number of nitrogens with zero attached hydrogens (tertiary/aromatic N) is 1. The minimum Gasteiger partial charge on any atom is -0.382 e. The second kappa shape index (κ2) is 5.99. The number of hydrogen-bond donors (Lipinski definition) is 1. The fraction of sp³-hybridized carbons (Fsp3) is 0.667. The van der Waals surface area contributed by atoms with Crippen LogP contribution in [0.4, 0.5) is 11.4 Å². The maximum atomic E-state index is 11.6. The number of hydrogen-bond acceptors (Lipinski definition) is 4. The van der Waals surface area contributed by atoms with Gasteiger partial charge in [-0.15, -0.1) is 0 Å². The summed E-state index contributed by atoms with van der Waals surface area (Å²) in [5, 5.41) is 3.28. The van der Waals surface area contributed by atoms with Crippen LogP contribution >= 0.6 is 12.2 Å². The summed E-state index contributed by atoms with van der Waals surface area (Å²) < 4.78 is 0.465. The Bertz CT molecular complexity index is 407. The lowest BCUT2D eigenvalue weighted by atomic mass is 10.1. The zero-order valence-corrected chi connectivity index (χ0v) is 11.1. The quantitative estimate of drug-likeness (QED) is 0.587. The van der Waals surface area contributed by atoms with Crippen LogP contribution in [0, 0.1) is 4.51 Å². The van der Waals surface area contributed by atoms with Crippen molar-refractivity contribution in [2.45, 2.75) is 33.1 Å². The number of rotatable bonds is 7. The van der Waals surface area contributed by atoms with Gasteiger partial charge in [0.25, 0.3) is 0 Å². The molecule has 0 saturated heterocycles.